The van der Waals surface area contributed by atoms with Gasteiger partial charge in [0.2, 0.25) is 5.91 Å². The van der Waals surface area contributed by atoms with Crippen molar-refractivity contribution in [1.29, 1.82) is 0 Å². The molecule has 0 aliphatic carbocycles. The molecule has 0 bridgehead atoms. The molecule has 0 heterocycles. The third-order valence-electron chi connectivity index (χ3n) is 4.87. The molecule has 1 amide bonds. The monoisotopic (exact) mass is 483 g/mol. The van der Waals surface area contributed by atoms with E-state index >= 15 is 0 Å². The highest BCUT2D eigenvalue weighted by Crippen LogP contribution is 2.36. The predicted molar refractivity (Wildman–Crippen MR) is 119 cm³/mol. The summed E-state index contributed by atoms with van der Waals surface area (Å²) in [6.45, 7) is 1.81. The number of halogens is 6. The highest BCUT2D eigenvalue weighted by molar-refractivity contribution is 6.18. The van der Waals surface area contributed by atoms with Crippen LogP contribution in [0.4, 0.5) is 26.3 Å². The molecule has 2 aromatic rings. The lowest BCUT2D eigenvalue weighted by molar-refractivity contribution is -0.143. The van der Waals surface area contributed by atoms with Gasteiger partial charge in [-0.3, -0.25) is 9.79 Å². The molecular formula is C24H23F6N3O. The van der Waals surface area contributed by atoms with Crippen LogP contribution in [0.5, 0.6) is 0 Å². The Bertz CT molecular complexity index is 1070. The molecular weight excluding hydrogens is 460 g/mol. The largest absolute Gasteiger partial charge is 0.416 e. The fraction of sp³-hybridized carbons (Fsp3) is 0.250. The van der Waals surface area contributed by atoms with Crippen LogP contribution in [-0.2, 0) is 17.1 Å². The number of amides is 1. The highest BCUT2D eigenvalue weighted by Gasteiger charge is 2.37. The zero-order valence-corrected chi connectivity index (χ0v) is 18.4. The van der Waals surface area contributed by atoms with E-state index in [0.29, 0.717) is 29.7 Å². The topological polar surface area (TPSA) is 67.5 Å². The summed E-state index contributed by atoms with van der Waals surface area (Å²) in [4.78, 5) is 15.7. The smallest absolute Gasteiger partial charge is 0.366 e. The van der Waals surface area contributed by atoms with Gasteiger partial charge < -0.3 is 11.1 Å². The fourth-order valence-electron chi connectivity index (χ4n) is 3.06. The molecule has 4 nitrogen and oxygen atoms in total. The summed E-state index contributed by atoms with van der Waals surface area (Å²) in [6, 6.07) is 9.98. The van der Waals surface area contributed by atoms with Gasteiger partial charge in [0.1, 0.15) is 5.84 Å². The summed E-state index contributed by atoms with van der Waals surface area (Å²) in [6.07, 6.45) is -6.12. The maximum absolute atomic E-state index is 13.2. The fourth-order valence-corrected chi connectivity index (χ4v) is 3.06. The Morgan fingerprint density at radius 3 is 1.97 bits per heavy atom. The Balaban J connectivity index is 2.35. The summed E-state index contributed by atoms with van der Waals surface area (Å²) in [5, 5.41) is 2.69. The van der Waals surface area contributed by atoms with Gasteiger partial charge in [-0.05, 0) is 36.6 Å². The number of hydrogen-bond donors (Lipinski definition) is 2. The molecule has 0 fully saturated rings. The molecule has 0 aromatic heterocycles. The molecule has 0 unspecified atom stereocenters. The second kappa shape index (κ2) is 11.0. The first kappa shape index (κ1) is 26.7. The van der Waals surface area contributed by atoms with Crippen molar-refractivity contribution in [2.45, 2.75) is 32.1 Å². The molecule has 0 saturated heterocycles. The molecule has 2 aromatic carbocycles. The lowest BCUT2D eigenvalue weighted by Crippen LogP contribution is -2.22. The van der Waals surface area contributed by atoms with Crippen molar-refractivity contribution in [3.8, 4) is 0 Å². The summed E-state index contributed by atoms with van der Waals surface area (Å²) in [5.41, 5.74) is 3.86. The van der Waals surface area contributed by atoms with Gasteiger partial charge in [0.15, 0.2) is 0 Å². The zero-order valence-electron chi connectivity index (χ0n) is 18.4. The summed E-state index contributed by atoms with van der Waals surface area (Å²) >= 11 is 0. The lowest BCUT2D eigenvalue weighted by Gasteiger charge is -2.15. The number of nitrogens with one attached hydrogen (secondary N) is 1. The number of alkyl halides is 6. The number of hydrogen-bond acceptors (Lipinski definition) is 2. The van der Waals surface area contributed by atoms with Gasteiger partial charge >= 0.3 is 12.4 Å². The van der Waals surface area contributed by atoms with E-state index in [1.54, 1.807) is 36.4 Å². The van der Waals surface area contributed by atoms with E-state index in [0.717, 1.165) is 0 Å². The third-order valence-corrected chi connectivity index (χ3v) is 4.87. The first-order valence-corrected chi connectivity index (χ1v) is 10.1. The Hall–Kier alpha value is -3.56. The number of carbonyl (C=O) groups excluding carboxylic acids is 1. The van der Waals surface area contributed by atoms with Crippen molar-refractivity contribution >= 4 is 17.3 Å². The van der Waals surface area contributed by atoms with Crippen molar-refractivity contribution in [2.75, 3.05) is 7.05 Å². The quantitative estimate of drug-likeness (QED) is 0.221. The number of carbonyl (C=O) groups is 1. The van der Waals surface area contributed by atoms with E-state index in [1.165, 1.54) is 13.2 Å². The normalized spacial score (nSPS) is 13.7. The lowest BCUT2D eigenvalue weighted by atomic mass is 10.0. The number of primary amides is 1. The number of aliphatic imine (C=N–C) groups is 1. The Labute approximate surface area is 192 Å². The molecule has 0 radical (unpaired) electrons. The number of nitrogens with zero attached hydrogens (tertiary/aromatic N) is 1. The van der Waals surface area contributed by atoms with Crippen LogP contribution in [0.2, 0.25) is 0 Å². The van der Waals surface area contributed by atoms with Gasteiger partial charge in [-0.15, -0.1) is 0 Å². The van der Waals surface area contributed by atoms with Crippen LogP contribution in [0.1, 0.15) is 42.0 Å². The van der Waals surface area contributed by atoms with Gasteiger partial charge in [-0.2, -0.15) is 26.3 Å². The van der Waals surface area contributed by atoms with Crippen molar-refractivity contribution in [3.63, 3.8) is 0 Å². The minimum absolute atomic E-state index is 0.0594. The van der Waals surface area contributed by atoms with E-state index in [-0.39, 0.29) is 29.5 Å². The molecule has 0 aliphatic rings. The maximum atomic E-state index is 13.2. The van der Waals surface area contributed by atoms with Crippen molar-refractivity contribution in [1.82, 2.24) is 5.32 Å². The molecule has 10 heteroatoms. The minimum Gasteiger partial charge on any atom is -0.366 e. The average molecular weight is 483 g/mol. The second-order valence-electron chi connectivity index (χ2n) is 7.22. The number of nitrogens with two attached hydrogens (primary N) is 1. The predicted octanol–water partition coefficient (Wildman–Crippen LogP) is 5.94. The zero-order chi connectivity index (χ0) is 25.5. The first-order valence-electron chi connectivity index (χ1n) is 10.1. The molecule has 3 N–H and O–H groups in total. The van der Waals surface area contributed by atoms with E-state index in [1.807, 2.05) is 6.92 Å². The Morgan fingerprint density at radius 1 is 0.971 bits per heavy atom. The number of amidine groups is 1. The number of allylic oxidation sites excluding steroid dienone is 2. The van der Waals surface area contributed by atoms with Gasteiger partial charge in [-0.25, -0.2) is 0 Å². The molecule has 0 spiro atoms. The highest BCUT2D eigenvalue weighted by atomic mass is 19.4. The minimum atomic E-state index is -4.97. The first-order chi connectivity index (χ1) is 15.9. The molecule has 2 rings (SSSR count). The van der Waals surface area contributed by atoms with E-state index in [4.69, 9.17) is 5.73 Å². The van der Waals surface area contributed by atoms with Crippen LogP contribution >= 0.6 is 0 Å². The maximum Gasteiger partial charge on any atom is 0.416 e. The molecule has 34 heavy (non-hydrogen) atoms. The number of rotatable bonds is 7. The molecule has 0 saturated carbocycles. The van der Waals surface area contributed by atoms with Crippen molar-refractivity contribution in [3.05, 3.63) is 88.6 Å². The van der Waals surface area contributed by atoms with E-state index < -0.39 is 29.4 Å². The molecule has 0 atom stereocenters. The Kier molecular flexibility index (Phi) is 8.67. The molecule has 0 aliphatic heterocycles. The van der Waals surface area contributed by atoms with Gasteiger partial charge in [0, 0.05) is 24.4 Å². The van der Waals surface area contributed by atoms with Crippen molar-refractivity contribution in [2.24, 2.45) is 10.7 Å². The van der Waals surface area contributed by atoms with Crippen molar-refractivity contribution < 1.29 is 31.1 Å². The van der Waals surface area contributed by atoms with E-state index in [9.17, 15) is 31.1 Å². The van der Waals surface area contributed by atoms with Crippen LogP contribution in [0.3, 0.4) is 0 Å². The summed E-state index contributed by atoms with van der Waals surface area (Å²) in [5.74, 6) is -0.807. The SMILES string of the molecule is CC/C(=C\NC(=NC)c1cc(C(F)(F)F)cc(C(F)(F)F)c1)CC=C(C(N)=O)c1ccccc1. The standard InChI is InChI=1S/C24H23F6N3O/c1-3-15(9-10-20(21(31)34)16-7-5-4-6-8-16)14-33-22(32-2)17-11-18(23(25,26)27)13-19(12-17)24(28,29)30/h4-8,10-14H,3,9H2,1-2H3,(H2,31,34)(H,32,33)/b15-14+,20-10?. The summed E-state index contributed by atoms with van der Waals surface area (Å²) in [7, 11) is 1.25. The second-order valence-corrected chi connectivity index (χ2v) is 7.22. The van der Waals surface area contributed by atoms with Crippen LogP contribution in [0, 0.1) is 0 Å². The van der Waals surface area contributed by atoms with Gasteiger partial charge in [0.25, 0.3) is 0 Å². The van der Waals surface area contributed by atoms with Gasteiger partial charge in [0.05, 0.1) is 11.1 Å². The van der Waals surface area contributed by atoms with E-state index in [2.05, 4.69) is 10.3 Å². The third kappa shape index (κ3) is 7.23. The van der Waals surface area contributed by atoms with Crippen LogP contribution in [0.25, 0.3) is 5.57 Å². The van der Waals surface area contributed by atoms with Crippen LogP contribution in [0.15, 0.2) is 71.4 Å². The average Bonchev–Trinajstić information content (AvgIpc) is 2.77. The van der Waals surface area contributed by atoms with Crippen LogP contribution in [-0.4, -0.2) is 18.8 Å². The summed E-state index contributed by atoms with van der Waals surface area (Å²) < 4.78 is 79.0. The van der Waals surface area contributed by atoms with Crippen LogP contribution < -0.4 is 11.1 Å². The number of benzene rings is 2. The molecule has 182 valence electrons. The van der Waals surface area contributed by atoms with Gasteiger partial charge in [-0.1, -0.05) is 48.9 Å². The Morgan fingerprint density at radius 2 is 1.53 bits per heavy atom.